The summed E-state index contributed by atoms with van der Waals surface area (Å²) in [5.74, 6) is 2.04. The first kappa shape index (κ1) is 14.5. The number of benzene rings is 1. The summed E-state index contributed by atoms with van der Waals surface area (Å²) in [6, 6.07) is 4.42. The summed E-state index contributed by atoms with van der Waals surface area (Å²) in [6.45, 7) is 0.798. The summed E-state index contributed by atoms with van der Waals surface area (Å²) < 4.78 is 11.7. The van der Waals surface area contributed by atoms with Gasteiger partial charge in [0.1, 0.15) is 0 Å². The number of halogens is 1. The molecule has 3 N–H and O–H groups in total. The summed E-state index contributed by atoms with van der Waals surface area (Å²) in [5.41, 5.74) is 7.02. The average molecular weight is 354 g/mol. The molecule has 1 saturated carbocycles. The highest BCUT2D eigenvalue weighted by Crippen LogP contribution is 2.40. The quantitative estimate of drug-likeness (QED) is 0.647. The van der Waals surface area contributed by atoms with Crippen LogP contribution in [0, 0.1) is 0 Å². The van der Waals surface area contributed by atoms with Gasteiger partial charge in [0.05, 0.1) is 11.0 Å². The zero-order chi connectivity index (χ0) is 14.7. The van der Waals surface area contributed by atoms with Crippen molar-refractivity contribution < 1.29 is 9.47 Å². The lowest BCUT2D eigenvalue weighted by Crippen LogP contribution is -2.41. The second-order valence-corrected chi connectivity index (χ2v) is 6.35. The van der Waals surface area contributed by atoms with E-state index in [1.165, 1.54) is 32.1 Å². The number of nitrogens with zero attached hydrogens (tertiary/aromatic N) is 1. The van der Waals surface area contributed by atoms with Crippen LogP contribution in [0.15, 0.2) is 21.6 Å². The van der Waals surface area contributed by atoms with E-state index in [4.69, 9.17) is 15.2 Å². The van der Waals surface area contributed by atoms with Crippen LogP contribution in [0.3, 0.4) is 0 Å². The number of ether oxygens (including phenoxy) is 2. The van der Waals surface area contributed by atoms with Crippen LogP contribution in [-0.4, -0.2) is 18.8 Å². The van der Waals surface area contributed by atoms with Crippen LogP contribution in [0.4, 0.5) is 0 Å². The molecule has 2 aliphatic rings. The zero-order valence-electron chi connectivity index (χ0n) is 11.9. The van der Waals surface area contributed by atoms with Crippen molar-refractivity contribution in [2.24, 2.45) is 10.7 Å². The third kappa shape index (κ3) is 3.61. The summed E-state index contributed by atoms with van der Waals surface area (Å²) in [4.78, 5) is 4.42. The van der Waals surface area contributed by atoms with E-state index in [1.54, 1.807) is 0 Å². The van der Waals surface area contributed by atoms with E-state index in [0.717, 1.165) is 21.5 Å². The number of nitrogens with one attached hydrogen (secondary N) is 1. The van der Waals surface area contributed by atoms with E-state index in [-0.39, 0.29) is 6.79 Å². The van der Waals surface area contributed by atoms with Gasteiger partial charge in [0.25, 0.3) is 0 Å². The zero-order valence-corrected chi connectivity index (χ0v) is 13.5. The van der Waals surface area contributed by atoms with Crippen LogP contribution in [0.2, 0.25) is 0 Å². The van der Waals surface area contributed by atoms with Gasteiger partial charge in [-0.2, -0.15) is 0 Å². The predicted molar refractivity (Wildman–Crippen MR) is 85.6 cm³/mol. The number of hydrogen-bond acceptors (Lipinski definition) is 3. The molecule has 1 fully saturated rings. The average Bonchev–Trinajstić information content (AvgIpc) is 2.95. The Kier molecular flexibility index (Phi) is 4.53. The lowest BCUT2D eigenvalue weighted by molar-refractivity contribution is 0.173. The minimum Gasteiger partial charge on any atom is -0.454 e. The first-order valence-electron chi connectivity index (χ1n) is 7.37. The molecule has 0 bridgehead atoms. The topological polar surface area (TPSA) is 68.9 Å². The number of rotatable bonds is 3. The fourth-order valence-corrected chi connectivity index (χ4v) is 3.39. The van der Waals surface area contributed by atoms with Crippen LogP contribution < -0.4 is 20.5 Å². The molecule has 0 unspecified atom stereocenters. The first-order valence-corrected chi connectivity index (χ1v) is 8.16. The molecule has 1 aromatic carbocycles. The molecule has 5 nitrogen and oxygen atoms in total. The monoisotopic (exact) mass is 353 g/mol. The first-order chi connectivity index (χ1) is 10.2. The van der Waals surface area contributed by atoms with Gasteiger partial charge < -0.3 is 20.5 Å². The third-order valence-corrected chi connectivity index (χ3v) is 4.47. The van der Waals surface area contributed by atoms with Crippen LogP contribution >= 0.6 is 15.9 Å². The molecule has 1 aliphatic carbocycles. The van der Waals surface area contributed by atoms with Gasteiger partial charge in [-0.3, -0.25) is 0 Å². The number of aliphatic imine (C=N–C) groups is 1. The maximum Gasteiger partial charge on any atom is 0.231 e. The van der Waals surface area contributed by atoms with Gasteiger partial charge in [-0.15, -0.1) is 0 Å². The molecule has 1 aromatic rings. The molecule has 0 spiro atoms. The van der Waals surface area contributed by atoms with Crippen molar-refractivity contribution in [3.05, 3.63) is 22.2 Å². The standard InChI is InChI=1S/C15H20BrN3O2/c16-12-6-10(7-13-14(12)21-9-20-13)8-18-15(17)19-11-4-2-1-3-5-11/h6-7,11H,1-5,8-9H2,(H3,17,18,19). The molecule has 114 valence electrons. The molecule has 0 atom stereocenters. The van der Waals surface area contributed by atoms with E-state index in [0.29, 0.717) is 18.5 Å². The minimum atomic E-state index is 0.270. The molecule has 0 amide bonds. The number of nitrogens with two attached hydrogens (primary N) is 1. The maximum atomic E-state index is 5.97. The molecule has 6 heteroatoms. The second kappa shape index (κ2) is 6.56. The second-order valence-electron chi connectivity index (χ2n) is 5.49. The Morgan fingerprint density at radius 1 is 1.29 bits per heavy atom. The summed E-state index contributed by atoms with van der Waals surface area (Å²) in [7, 11) is 0. The van der Waals surface area contributed by atoms with Crippen LogP contribution in [0.25, 0.3) is 0 Å². The molecule has 1 aliphatic heterocycles. The van der Waals surface area contributed by atoms with Crippen molar-refractivity contribution in [3.63, 3.8) is 0 Å². The van der Waals surface area contributed by atoms with Gasteiger partial charge >= 0.3 is 0 Å². The Balaban J connectivity index is 1.61. The van der Waals surface area contributed by atoms with Gasteiger partial charge in [-0.25, -0.2) is 4.99 Å². The molecule has 21 heavy (non-hydrogen) atoms. The Morgan fingerprint density at radius 2 is 2.10 bits per heavy atom. The van der Waals surface area contributed by atoms with Crippen molar-refractivity contribution in [2.75, 3.05) is 6.79 Å². The highest BCUT2D eigenvalue weighted by Gasteiger charge is 2.18. The Bertz CT molecular complexity index is 542. The Hall–Kier alpha value is -1.43. The molecule has 0 aromatic heterocycles. The van der Waals surface area contributed by atoms with Crippen LogP contribution in [0.1, 0.15) is 37.7 Å². The van der Waals surface area contributed by atoms with E-state index in [2.05, 4.69) is 26.2 Å². The fraction of sp³-hybridized carbons (Fsp3) is 0.533. The fourth-order valence-electron chi connectivity index (χ4n) is 2.79. The Morgan fingerprint density at radius 3 is 2.90 bits per heavy atom. The van der Waals surface area contributed by atoms with E-state index in [1.807, 2.05) is 12.1 Å². The van der Waals surface area contributed by atoms with E-state index in [9.17, 15) is 0 Å². The Labute approximate surface area is 133 Å². The van der Waals surface area contributed by atoms with Gasteiger partial charge in [0.15, 0.2) is 17.5 Å². The highest BCUT2D eigenvalue weighted by molar-refractivity contribution is 9.10. The van der Waals surface area contributed by atoms with Crippen molar-refractivity contribution in [1.82, 2.24) is 5.32 Å². The largest absolute Gasteiger partial charge is 0.454 e. The molecular formula is C15H20BrN3O2. The number of fused-ring (bicyclic) bond motifs is 1. The van der Waals surface area contributed by atoms with E-state index < -0.39 is 0 Å². The molecule has 0 radical (unpaired) electrons. The maximum absolute atomic E-state index is 5.97. The summed E-state index contributed by atoms with van der Waals surface area (Å²) in [5, 5.41) is 3.32. The van der Waals surface area contributed by atoms with Gasteiger partial charge in [-0.1, -0.05) is 19.3 Å². The highest BCUT2D eigenvalue weighted by atomic mass is 79.9. The van der Waals surface area contributed by atoms with Gasteiger partial charge in [0, 0.05) is 6.04 Å². The SMILES string of the molecule is NC(=NCc1cc(Br)c2c(c1)OCO2)NC1CCCCC1. The van der Waals surface area contributed by atoms with Crippen LogP contribution in [0.5, 0.6) is 11.5 Å². The minimum absolute atomic E-state index is 0.270. The van der Waals surface area contributed by atoms with E-state index >= 15 is 0 Å². The third-order valence-electron chi connectivity index (χ3n) is 3.88. The lowest BCUT2D eigenvalue weighted by Gasteiger charge is -2.23. The number of guanidine groups is 1. The summed E-state index contributed by atoms with van der Waals surface area (Å²) >= 11 is 3.48. The van der Waals surface area contributed by atoms with Gasteiger partial charge in [-0.05, 0) is 46.5 Å². The van der Waals surface area contributed by atoms with Crippen molar-refractivity contribution >= 4 is 21.9 Å². The van der Waals surface area contributed by atoms with Gasteiger partial charge in [0.2, 0.25) is 6.79 Å². The molecular weight excluding hydrogens is 334 g/mol. The van der Waals surface area contributed by atoms with Crippen LogP contribution in [-0.2, 0) is 6.54 Å². The lowest BCUT2D eigenvalue weighted by atomic mass is 9.96. The number of hydrogen-bond donors (Lipinski definition) is 2. The molecule has 3 rings (SSSR count). The van der Waals surface area contributed by atoms with Crippen molar-refractivity contribution in [1.29, 1.82) is 0 Å². The molecule has 1 heterocycles. The summed E-state index contributed by atoms with van der Waals surface area (Å²) in [6.07, 6.45) is 6.26. The predicted octanol–water partition coefficient (Wildman–Crippen LogP) is 2.91. The van der Waals surface area contributed by atoms with Crippen molar-refractivity contribution in [2.45, 2.75) is 44.7 Å². The molecule has 0 saturated heterocycles. The smallest absolute Gasteiger partial charge is 0.231 e. The normalized spacial score (nSPS) is 18.8. The van der Waals surface area contributed by atoms with Crippen molar-refractivity contribution in [3.8, 4) is 11.5 Å².